The van der Waals surface area contributed by atoms with Crippen molar-refractivity contribution in [1.29, 1.82) is 0 Å². The Morgan fingerprint density at radius 2 is 1.91 bits per heavy atom. The van der Waals surface area contributed by atoms with Crippen LogP contribution < -0.4 is 0 Å². The number of halogens is 5. The fourth-order valence-corrected chi connectivity index (χ4v) is 4.04. The molecule has 3 aromatic rings. The number of hydrogen-bond acceptors (Lipinski definition) is 3. The maximum absolute atomic E-state index is 14.3. The van der Waals surface area contributed by atoms with Gasteiger partial charge in [0.1, 0.15) is 18.1 Å². The number of nitrogens with zero attached hydrogens (tertiary/aromatic N) is 2. The number of para-hydroxylation sites is 1. The van der Waals surface area contributed by atoms with E-state index in [1.54, 1.807) is 35.0 Å². The molecule has 174 valence electrons. The van der Waals surface area contributed by atoms with Gasteiger partial charge in [-0.15, -0.1) is 0 Å². The maximum Gasteiger partial charge on any atom is 0.413 e. The Bertz CT molecular complexity index is 1250. The number of allylic oxidation sites excluding steroid dienone is 6. The molecule has 9 heteroatoms. The van der Waals surface area contributed by atoms with Crippen LogP contribution in [0.2, 0.25) is 0 Å². The molecule has 2 heterocycles. The van der Waals surface area contributed by atoms with E-state index in [4.69, 9.17) is 4.42 Å². The molecule has 0 fully saturated rings. The number of aromatic nitrogens is 2. The molecule has 1 unspecified atom stereocenters. The third-order valence-electron chi connectivity index (χ3n) is 5.52. The van der Waals surface area contributed by atoms with E-state index in [9.17, 15) is 27.1 Å². The number of fused-ring (bicyclic) bond motifs is 1. The fourth-order valence-electron chi connectivity index (χ4n) is 4.04. The number of alkyl halides is 5. The predicted octanol–water partition coefficient (Wildman–Crippen LogP) is 6.44. The van der Waals surface area contributed by atoms with Crippen molar-refractivity contribution in [3.8, 4) is 11.5 Å². The van der Waals surface area contributed by atoms with Gasteiger partial charge in [0.15, 0.2) is 5.76 Å². The van der Waals surface area contributed by atoms with Crippen LogP contribution in [0.3, 0.4) is 0 Å². The summed E-state index contributed by atoms with van der Waals surface area (Å²) in [5.74, 6) is -3.63. The lowest BCUT2D eigenvalue weighted by Crippen LogP contribution is -2.28. The summed E-state index contributed by atoms with van der Waals surface area (Å²) in [5.41, 5.74) is -1.10. The lowest BCUT2D eigenvalue weighted by atomic mass is 9.86. The SMILES string of the molecule is C/C=C/C(F)(F)C1=C(C(F)(F)F)CC(Cn2nc(-c3ccc(CO)o3)c3ccccc32)C=C1. The predicted molar refractivity (Wildman–Crippen MR) is 113 cm³/mol. The van der Waals surface area contributed by atoms with Crippen molar-refractivity contribution in [2.75, 3.05) is 0 Å². The topological polar surface area (TPSA) is 51.2 Å². The smallest absolute Gasteiger partial charge is 0.413 e. The minimum Gasteiger partial charge on any atom is -0.457 e. The highest BCUT2D eigenvalue weighted by Crippen LogP contribution is 2.43. The number of hydrogen-bond donors (Lipinski definition) is 1. The lowest BCUT2D eigenvalue weighted by molar-refractivity contribution is -0.0983. The molecule has 1 aliphatic carbocycles. The molecular weight excluding hydrogens is 443 g/mol. The minimum atomic E-state index is -4.88. The minimum absolute atomic E-state index is 0.0621. The van der Waals surface area contributed by atoms with Gasteiger partial charge in [0.05, 0.1) is 5.52 Å². The van der Waals surface area contributed by atoms with Crippen LogP contribution in [0.15, 0.2) is 76.3 Å². The van der Waals surface area contributed by atoms with Crippen LogP contribution in [0.1, 0.15) is 19.1 Å². The normalized spacial score (nSPS) is 17.6. The summed E-state index contributed by atoms with van der Waals surface area (Å²) >= 11 is 0. The van der Waals surface area contributed by atoms with Crippen LogP contribution in [0, 0.1) is 5.92 Å². The number of rotatable bonds is 6. The highest BCUT2D eigenvalue weighted by molar-refractivity contribution is 5.92. The summed E-state index contributed by atoms with van der Waals surface area (Å²) in [6, 6.07) is 10.4. The second kappa shape index (κ2) is 8.62. The van der Waals surface area contributed by atoms with Crippen molar-refractivity contribution in [2.24, 2.45) is 5.92 Å². The molecule has 0 saturated heterocycles. The first-order chi connectivity index (χ1) is 15.6. The van der Waals surface area contributed by atoms with Gasteiger partial charge in [0, 0.05) is 29.0 Å². The summed E-state index contributed by atoms with van der Waals surface area (Å²) in [4.78, 5) is 0. The van der Waals surface area contributed by atoms with E-state index >= 15 is 0 Å². The van der Waals surface area contributed by atoms with Crippen LogP contribution >= 0.6 is 0 Å². The Hall–Kier alpha value is -3.20. The lowest BCUT2D eigenvalue weighted by Gasteiger charge is -2.27. The highest BCUT2D eigenvalue weighted by Gasteiger charge is 2.44. The molecule has 1 atom stereocenters. The Labute approximate surface area is 186 Å². The molecule has 1 aromatic carbocycles. The summed E-state index contributed by atoms with van der Waals surface area (Å²) in [5, 5.41) is 14.5. The van der Waals surface area contributed by atoms with E-state index in [1.165, 1.54) is 13.0 Å². The van der Waals surface area contributed by atoms with E-state index in [1.807, 2.05) is 6.07 Å². The molecule has 33 heavy (non-hydrogen) atoms. The standard InChI is InChI=1S/C24H21F5N2O2/c1-2-11-23(25,26)18-9-7-15(12-19(18)24(27,28)29)13-31-20-6-4-3-5-17(20)22(30-31)21-10-8-16(14-32)33-21/h2-11,15,32H,12-14H2,1H3/b11-2+. The first-order valence-electron chi connectivity index (χ1n) is 10.3. The van der Waals surface area contributed by atoms with E-state index in [-0.39, 0.29) is 13.2 Å². The third-order valence-corrected chi connectivity index (χ3v) is 5.52. The number of furan rings is 1. The Morgan fingerprint density at radius 1 is 1.15 bits per heavy atom. The first-order valence-corrected chi connectivity index (χ1v) is 10.3. The molecule has 2 aromatic heterocycles. The largest absolute Gasteiger partial charge is 0.457 e. The molecule has 0 radical (unpaired) electrons. The molecule has 1 aliphatic rings. The van der Waals surface area contributed by atoms with Gasteiger partial charge in [-0.25, -0.2) is 0 Å². The van der Waals surface area contributed by atoms with E-state index in [0.717, 1.165) is 17.5 Å². The van der Waals surface area contributed by atoms with Crippen molar-refractivity contribution in [3.63, 3.8) is 0 Å². The monoisotopic (exact) mass is 464 g/mol. The molecule has 0 aliphatic heterocycles. The molecule has 0 spiro atoms. The number of aliphatic hydroxyl groups is 1. The van der Waals surface area contributed by atoms with Gasteiger partial charge < -0.3 is 9.52 Å². The van der Waals surface area contributed by atoms with Gasteiger partial charge in [-0.2, -0.15) is 27.1 Å². The zero-order valence-corrected chi connectivity index (χ0v) is 17.6. The zero-order chi connectivity index (χ0) is 23.8. The van der Waals surface area contributed by atoms with Crippen molar-refractivity contribution in [3.05, 3.63) is 77.6 Å². The second-order valence-electron chi connectivity index (χ2n) is 7.81. The molecule has 4 nitrogen and oxygen atoms in total. The molecule has 1 N–H and O–H groups in total. The van der Waals surface area contributed by atoms with Crippen LogP contribution in [0.4, 0.5) is 22.0 Å². The van der Waals surface area contributed by atoms with Gasteiger partial charge >= 0.3 is 6.18 Å². The molecular formula is C24H21F5N2O2. The van der Waals surface area contributed by atoms with Crippen LogP contribution in [0.25, 0.3) is 22.4 Å². The second-order valence-corrected chi connectivity index (χ2v) is 7.81. The van der Waals surface area contributed by atoms with Crippen LogP contribution in [0.5, 0.6) is 0 Å². The molecule has 4 rings (SSSR count). The van der Waals surface area contributed by atoms with Crippen molar-refractivity contribution in [2.45, 2.75) is 38.6 Å². The van der Waals surface area contributed by atoms with E-state index < -0.39 is 35.6 Å². The van der Waals surface area contributed by atoms with Crippen molar-refractivity contribution >= 4 is 10.9 Å². The van der Waals surface area contributed by atoms with E-state index in [0.29, 0.717) is 28.8 Å². The van der Waals surface area contributed by atoms with Crippen molar-refractivity contribution < 1.29 is 31.5 Å². The number of aliphatic hydroxyl groups excluding tert-OH is 1. The highest BCUT2D eigenvalue weighted by atomic mass is 19.4. The van der Waals surface area contributed by atoms with Gasteiger partial charge in [0.2, 0.25) is 0 Å². The van der Waals surface area contributed by atoms with Crippen LogP contribution in [-0.4, -0.2) is 27.0 Å². The Kier molecular flexibility index (Phi) is 6.00. The number of benzene rings is 1. The van der Waals surface area contributed by atoms with Gasteiger partial charge in [0.25, 0.3) is 5.92 Å². The summed E-state index contributed by atoms with van der Waals surface area (Å²) in [7, 11) is 0. The third kappa shape index (κ3) is 4.50. The van der Waals surface area contributed by atoms with Crippen LogP contribution in [-0.2, 0) is 13.2 Å². The summed E-state index contributed by atoms with van der Waals surface area (Å²) in [6.45, 7) is 1.12. The summed E-state index contributed by atoms with van der Waals surface area (Å²) < 4.78 is 76.9. The van der Waals surface area contributed by atoms with Gasteiger partial charge in [-0.1, -0.05) is 36.4 Å². The maximum atomic E-state index is 14.3. The molecule has 0 saturated carbocycles. The quantitative estimate of drug-likeness (QED) is 0.338. The average molecular weight is 464 g/mol. The van der Waals surface area contributed by atoms with Gasteiger partial charge in [-0.3, -0.25) is 4.68 Å². The van der Waals surface area contributed by atoms with Crippen molar-refractivity contribution in [1.82, 2.24) is 9.78 Å². The zero-order valence-electron chi connectivity index (χ0n) is 17.6. The average Bonchev–Trinajstić information content (AvgIpc) is 3.38. The Morgan fingerprint density at radius 3 is 2.58 bits per heavy atom. The Balaban J connectivity index is 1.69. The fraction of sp³-hybridized carbons (Fsp3) is 0.292. The summed E-state index contributed by atoms with van der Waals surface area (Å²) in [6.07, 6.45) is -1.69. The van der Waals surface area contributed by atoms with Gasteiger partial charge in [-0.05, 0) is 37.6 Å². The first kappa shape index (κ1) is 23.0. The van der Waals surface area contributed by atoms with E-state index in [2.05, 4.69) is 5.10 Å². The molecule has 0 amide bonds. The molecule has 0 bridgehead atoms.